The molecular weight excluding hydrogens is 266 g/mol. The summed E-state index contributed by atoms with van der Waals surface area (Å²) in [6.07, 6.45) is 0.690. The fourth-order valence-electron chi connectivity index (χ4n) is 2.30. The van der Waals surface area contributed by atoms with Gasteiger partial charge in [0, 0.05) is 12.1 Å². The van der Waals surface area contributed by atoms with E-state index < -0.39 is 0 Å². The van der Waals surface area contributed by atoms with E-state index in [4.69, 9.17) is 9.47 Å². The Morgan fingerprint density at radius 1 is 1.00 bits per heavy atom. The molecule has 0 radical (unpaired) electrons. The Bertz CT molecular complexity index is 780. The molecule has 0 aliphatic carbocycles. The Kier molecular flexibility index (Phi) is 3.48. The Balaban J connectivity index is 1.91. The highest BCUT2D eigenvalue weighted by molar-refractivity contribution is 5.70. The first-order valence-electron chi connectivity index (χ1n) is 6.72. The number of aryl methyl sites for hydroxylation is 1. The van der Waals surface area contributed by atoms with Crippen LogP contribution in [0, 0.1) is 6.92 Å². The van der Waals surface area contributed by atoms with Gasteiger partial charge in [-0.3, -0.25) is 0 Å². The summed E-state index contributed by atoms with van der Waals surface area (Å²) in [5.74, 6) is 2.33. The molecule has 0 saturated heterocycles. The Labute approximate surface area is 123 Å². The van der Waals surface area contributed by atoms with Crippen molar-refractivity contribution >= 4 is 11.2 Å². The minimum Gasteiger partial charge on any atom is -0.493 e. The van der Waals surface area contributed by atoms with Crippen molar-refractivity contribution < 1.29 is 9.47 Å². The summed E-state index contributed by atoms with van der Waals surface area (Å²) in [6.45, 7) is 1.96. The third-order valence-electron chi connectivity index (χ3n) is 3.35. The lowest BCUT2D eigenvalue weighted by atomic mass is 10.1. The molecule has 0 saturated carbocycles. The molecule has 0 aliphatic rings. The van der Waals surface area contributed by atoms with Crippen LogP contribution < -0.4 is 9.47 Å². The van der Waals surface area contributed by atoms with Crippen molar-refractivity contribution in [3.63, 3.8) is 0 Å². The molecule has 3 rings (SSSR count). The molecule has 2 aromatic heterocycles. The van der Waals surface area contributed by atoms with E-state index in [1.807, 2.05) is 37.3 Å². The van der Waals surface area contributed by atoms with Crippen LogP contribution in [-0.2, 0) is 6.42 Å². The van der Waals surface area contributed by atoms with Gasteiger partial charge in [-0.25, -0.2) is 9.97 Å². The summed E-state index contributed by atoms with van der Waals surface area (Å²) in [5.41, 5.74) is 3.77. The molecule has 0 fully saturated rings. The van der Waals surface area contributed by atoms with Gasteiger partial charge in [0.1, 0.15) is 5.82 Å². The van der Waals surface area contributed by atoms with E-state index in [1.54, 1.807) is 14.2 Å². The van der Waals surface area contributed by atoms with Gasteiger partial charge < -0.3 is 14.5 Å². The van der Waals surface area contributed by atoms with Gasteiger partial charge in [-0.2, -0.15) is 0 Å². The largest absolute Gasteiger partial charge is 0.493 e. The zero-order valence-electron chi connectivity index (χ0n) is 12.3. The summed E-state index contributed by atoms with van der Waals surface area (Å²) in [5, 5.41) is 0. The standard InChI is InChI=1S/C16H17N3O2/c1-10-4-6-12-16(17-10)19-15(18-12)9-11-5-7-13(20-2)14(8-11)21-3/h4-8H,9H2,1-3H3,(H,17,18,19). The van der Waals surface area contributed by atoms with Crippen molar-refractivity contribution in [1.82, 2.24) is 15.0 Å². The SMILES string of the molecule is COc1ccc(Cc2nc3nc(C)ccc3[nH]2)cc1OC. The molecule has 0 amide bonds. The lowest BCUT2D eigenvalue weighted by Crippen LogP contribution is -1.95. The Morgan fingerprint density at radius 2 is 1.81 bits per heavy atom. The quantitative estimate of drug-likeness (QED) is 0.800. The smallest absolute Gasteiger partial charge is 0.177 e. The van der Waals surface area contributed by atoms with Crippen molar-refractivity contribution in [3.8, 4) is 11.5 Å². The van der Waals surface area contributed by atoms with E-state index in [2.05, 4.69) is 15.0 Å². The molecular formula is C16H17N3O2. The van der Waals surface area contributed by atoms with Crippen LogP contribution in [0.15, 0.2) is 30.3 Å². The summed E-state index contributed by atoms with van der Waals surface area (Å²) in [7, 11) is 3.26. The van der Waals surface area contributed by atoms with Crippen molar-refractivity contribution in [2.24, 2.45) is 0 Å². The van der Waals surface area contributed by atoms with Crippen molar-refractivity contribution in [3.05, 3.63) is 47.4 Å². The predicted octanol–water partition coefficient (Wildman–Crippen LogP) is 2.87. The van der Waals surface area contributed by atoms with E-state index in [-0.39, 0.29) is 0 Å². The molecule has 0 spiro atoms. The van der Waals surface area contributed by atoms with Crippen LogP contribution in [0.1, 0.15) is 17.1 Å². The number of rotatable bonds is 4. The van der Waals surface area contributed by atoms with Gasteiger partial charge in [0.15, 0.2) is 17.1 Å². The van der Waals surface area contributed by atoms with Crippen LogP contribution in [0.2, 0.25) is 0 Å². The maximum atomic E-state index is 5.32. The first-order valence-corrected chi connectivity index (χ1v) is 6.72. The normalized spacial score (nSPS) is 10.8. The van der Waals surface area contributed by atoms with Crippen LogP contribution in [-0.4, -0.2) is 29.2 Å². The van der Waals surface area contributed by atoms with Crippen LogP contribution in [0.3, 0.4) is 0 Å². The number of imidazole rings is 1. The number of nitrogens with zero attached hydrogens (tertiary/aromatic N) is 2. The number of hydrogen-bond donors (Lipinski definition) is 1. The number of aromatic amines is 1. The first kappa shape index (κ1) is 13.4. The predicted molar refractivity (Wildman–Crippen MR) is 81.0 cm³/mol. The van der Waals surface area contributed by atoms with Crippen LogP contribution in [0.4, 0.5) is 0 Å². The number of methoxy groups -OCH3 is 2. The number of nitrogens with one attached hydrogen (secondary N) is 1. The van der Waals surface area contributed by atoms with Crippen molar-refractivity contribution in [2.45, 2.75) is 13.3 Å². The molecule has 3 aromatic rings. The first-order chi connectivity index (χ1) is 10.2. The number of H-pyrrole nitrogens is 1. The molecule has 5 nitrogen and oxygen atoms in total. The van der Waals surface area contributed by atoms with Crippen LogP contribution in [0.25, 0.3) is 11.2 Å². The molecule has 5 heteroatoms. The molecule has 0 atom stereocenters. The van der Waals surface area contributed by atoms with Gasteiger partial charge in [-0.1, -0.05) is 6.07 Å². The third-order valence-corrected chi connectivity index (χ3v) is 3.35. The fraction of sp³-hybridized carbons (Fsp3) is 0.250. The lowest BCUT2D eigenvalue weighted by molar-refractivity contribution is 0.354. The number of pyridine rings is 1. The summed E-state index contributed by atoms with van der Waals surface area (Å²) < 4.78 is 10.6. The van der Waals surface area contributed by atoms with E-state index >= 15 is 0 Å². The number of ether oxygens (including phenoxy) is 2. The molecule has 2 heterocycles. The van der Waals surface area contributed by atoms with E-state index in [9.17, 15) is 0 Å². The summed E-state index contributed by atoms with van der Waals surface area (Å²) in [6, 6.07) is 9.85. The molecule has 1 N–H and O–H groups in total. The zero-order valence-corrected chi connectivity index (χ0v) is 12.3. The van der Waals surface area contributed by atoms with Crippen molar-refractivity contribution in [1.29, 1.82) is 0 Å². The minimum absolute atomic E-state index is 0.690. The topological polar surface area (TPSA) is 60.0 Å². The number of fused-ring (bicyclic) bond motifs is 1. The highest BCUT2D eigenvalue weighted by Gasteiger charge is 2.08. The van der Waals surface area contributed by atoms with Gasteiger partial charge in [0.05, 0.1) is 19.7 Å². The molecule has 1 aromatic carbocycles. The molecule has 108 valence electrons. The number of aromatic nitrogens is 3. The van der Waals surface area contributed by atoms with Crippen LogP contribution in [0.5, 0.6) is 11.5 Å². The molecule has 0 bridgehead atoms. The Hall–Kier alpha value is -2.56. The van der Waals surface area contributed by atoms with Gasteiger partial charge in [0.25, 0.3) is 0 Å². The maximum absolute atomic E-state index is 5.32. The van der Waals surface area contributed by atoms with Gasteiger partial charge in [-0.15, -0.1) is 0 Å². The second-order valence-corrected chi connectivity index (χ2v) is 4.87. The number of hydrogen-bond acceptors (Lipinski definition) is 4. The average Bonchev–Trinajstić information content (AvgIpc) is 2.88. The molecule has 21 heavy (non-hydrogen) atoms. The average molecular weight is 283 g/mol. The minimum atomic E-state index is 0.690. The second kappa shape index (κ2) is 5.44. The summed E-state index contributed by atoms with van der Waals surface area (Å²) >= 11 is 0. The maximum Gasteiger partial charge on any atom is 0.177 e. The third kappa shape index (κ3) is 2.67. The zero-order chi connectivity index (χ0) is 14.8. The van der Waals surface area contributed by atoms with Crippen LogP contribution >= 0.6 is 0 Å². The van der Waals surface area contributed by atoms with Gasteiger partial charge in [0.2, 0.25) is 0 Å². The highest BCUT2D eigenvalue weighted by atomic mass is 16.5. The van der Waals surface area contributed by atoms with Gasteiger partial charge >= 0.3 is 0 Å². The highest BCUT2D eigenvalue weighted by Crippen LogP contribution is 2.28. The van der Waals surface area contributed by atoms with Crippen molar-refractivity contribution in [2.75, 3.05) is 14.2 Å². The monoisotopic (exact) mass is 283 g/mol. The summed E-state index contributed by atoms with van der Waals surface area (Å²) in [4.78, 5) is 12.2. The molecule has 0 unspecified atom stereocenters. The fourth-order valence-corrected chi connectivity index (χ4v) is 2.30. The number of benzene rings is 1. The molecule has 0 aliphatic heterocycles. The lowest BCUT2D eigenvalue weighted by Gasteiger charge is -2.08. The van der Waals surface area contributed by atoms with E-state index in [1.165, 1.54) is 0 Å². The Morgan fingerprint density at radius 3 is 2.57 bits per heavy atom. The van der Waals surface area contributed by atoms with E-state index in [0.717, 1.165) is 39.7 Å². The second-order valence-electron chi connectivity index (χ2n) is 4.87. The van der Waals surface area contributed by atoms with Gasteiger partial charge in [-0.05, 0) is 36.8 Å². The van der Waals surface area contributed by atoms with E-state index in [0.29, 0.717) is 6.42 Å².